The number of nitrogens with one attached hydrogen (secondary N) is 2. The SMILES string of the molecule is COc1cc(NC(=O)[C@H]2C[C@@H](c3cn(C)nc3C)NS(=O)(=O)N2C)cc(OC)c1OC. The van der Waals surface area contributed by atoms with Crippen LogP contribution in [0.3, 0.4) is 0 Å². The molecule has 1 aliphatic heterocycles. The van der Waals surface area contributed by atoms with Gasteiger partial charge in [-0.25, -0.2) is 0 Å². The summed E-state index contributed by atoms with van der Waals surface area (Å²) in [6.07, 6.45) is 1.99. The van der Waals surface area contributed by atoms with Crippen molar-refractivity contribution >= 4 is 21.8 Å². The molecule has 31 heavy (non-hydrogen) atoms. The number of aryl methyl sites for hydroxylation is 2. The highest BCUT2D eigenvalue weighted by Crippen LogP contribution is 2.40. The number of methoxy groups -OCH3 is 3. The predicted molar refractivity (Wildman–Crippen MR) is 114 cm³/mol. The molecule has 11 nitrogen and oxygen atoms in total. The van der Waals surface area contributed by atoms with Crippen molar-refractivity contribution in [1.82, 2.24) is 18.8 Å². The van der Waals surface area contributed by atoms with E-state index in [1.807, 2.05) is 0 Å². The zero-order valence-electron chi connectivity index (χ0n) is 18.3. The first kappa shape index (κ1) is 22.8. The van der Waals surface area contributed by atoms with E-state index in [0.717, 1.165) is 9.87 Å². The molecule has 1 aromatic heterocycles. The van der Waals surface area contributed by atoms with E-state index in [1.54, 1.807) is 37.0 Å². The van der Waals surface area contributed by atoms with Crippen LogP contribution in [-0.2, 0) is 22.1 Å². The van der Waals surface area contributed by atoms with Crippen LogP contribution in [0.1, 0.15) is 23.7 Å². The molecule has 2 N–H and O–H groups in total. The minimum atomic E-state index is -3.87. The first-order valence-electron chi connectivity index (χ1n) is 9.47. The Morgan fingerprint density at radius 2 is 1.77 bits per heavy atom. The summed E-state index contributed by atoms with van der Waals surface area (Å²) in [7, 11) is 3.67. The quantitative estimate of drug-likeness (QED) is 0.668. The van der Waals surface area contributed by atoms with Crippen molar-refractivity contribution in [3.05, 3.63) is 29.6 Å². The molecule has 0 aliphatic carbocycles. The summed E-state index contributed by atoms with van der Waals surface area (Å²) < 4.78 is 46.5. The normalized spacial score (nSPS) is 20.8. The van der Waals surface area contributed by atoms with Crippen molar-refractivity contribution in [3.63, 3.8) is 0 Å². The van der Waals surface area contributed by atoms with Crippen molar-refractivity contribution in [3.8, 4) is 17.2 Å². The lowest BCUT2D eigenvalue weighted by Gasteiger charge is -2.36. The van der Waals surface area contributed by atoms with Gasteiger partial charge in [0.25, 0.3) is 10.2 Å². The summed E-state index contributed by atoms with van der Waals surface area (Å²) in [6, 6.07) is 1.65. The van der Waals surface area contributed by atoms with Crippen LogP contribution in [0.25, 0.3) is 0 Å². The molecule has 3 rings (SSSR count). The van der Waals surface area contributed by atoms with Crippen LogP contribution in [0.2, 0.25) is 0 Å². The minimum Gasteiger partial charge on any atom is -0.493 e. The van der Waals surface area contributed by atoms with Crippen LogP contribution in [0, 0.1) is 6.92 Å². The Morgan fingerprint density at radius 3 is 2.26 bits per heavy atom. The second kappa shape index (κ2) is 8.73. The fourth-order valence-electron chi connectivity index (χ4n) is 3.65. The number of ether oxygens (including phenoxy) is 3. The molecule has 1 aliphatic rings. The molecule has 0 radical (unpaired) electrons. The molecule has 1 amide bonds. The van der Waals surface area contributed by atoms with Gasteiger partial charge in [-0.2, -0.15) is 22.5 Å². The molecular weight excluding hydrogens is 426 g/mol. The van der Waals surface area contributed by atoms with Crippen molar-refractivity contribution in [2.75, 3.05) is 33.7 Å². The lowest BCUT2D eigenvalue weighted by molar-refractivity contribution is -0.120. The maximum Gasteiger partial charge on any atom is 0.280 e. The molecule has 170 valence electrons. The van der Waals surface area contributed by atoms with Gasteiger partial charge in [0.05, 0.1) is 33.1 Å². The number of hydrogen-bond acceptors (Lipinski definition) is 7. The molecule has 2 aromatic rings. The molecule has 1 aromatic carbocycles. The Hall–Kier alpha value is -2.83. The van der Waals surface area contributed by atoms with E-state index in [-0.39, 0.29) is 6.42 Å². The average molecular weight is 454 g/mol. The second-order valence-electron chi connectivity index (χ2n) is 7.19. The lowest BCUT2D eigenvalue weighted by atomic mass is 10.00. The maximum absolute atomic E-state index is 13.1. The highest BCUT2D eigenvalue weighted by molar-refractivity contribution is 7.87. The zero-order valence-corrected chi connectivity index (χ0v) is 19.1. The van der Waals surface area contributed by atoms with Crippen LogP contribution >= 0.6 is 0 Å². The number of carbonyl (C=O) groups is 1. The summed E-state index contributed by atoms with van der Waals surface area (Å²) in [6.45, 7) is 1.80. The molecule has 2 heterocycles. The van der Waals surface area contributed by atoms with Gasteiger partial charge in [-0.05, 0) is 13.3 Å². The molecule has 1 fully saturated rings. The molecule has 0 bridgehead atoms. The molecule has 0 saturated carbocycles. The van der Waals surface area contributed by atoms with E-state index in [2.05, 4.69) is 15.1 Å². The average Bonchev–Trinajstić information content (AvgIpc) is 3.06. The third-order valence-corrected chi connectivity index (χ3v) is 6.83. The van der Waals surface area contributed by atoms with Gasteiger partial charge < -0.3 is 19.5 Å². The Balaban J connectivity index is 1.90. The summed E-state index contributed by atoms with van der Waals surface area (Å²) in [4.78, 5) is 13.1. The van der Waals surface area contributed by atoms with Crippen LogP contribution in [0.5, 0.6) is 17.2 Å². The van der Waals surface area contributed by atoms with E-state index in [1.165, 1.54) is 28.4 Å². The van der Waals surface area contributed by atoms with Crippen molar-refractivity contribution in [2.24, 2.45) is 7.05 Å². The van der Waals surface area contributed by atoms with E-state index < -0.39 is 28.2 Å². The predicted octanol–water partition coefficient (Wildman–Crippen LogP) is 0.973. The monoisotopic (exact) mass is 453 g/mol. The lowest BCUT2D eigenvalue weighted by Crippen LogP contribution is -2.56. The number of nitrogens with zero attached hydrogens (tertiary/aromatic N) is 3. The van der Waals surface area contributed by atoms with Crippen LogP contribution in [0.15, 0.2) is 18.3 Å². The zero-order chi connectivity index (χ0) is 22.9. The van der Waals surface area contributed by atoms with Gasteiger partial charge >= 0.3 is 0 Å². The number of likely N-dealkylation sites (N-methyl/N-ethyl adjacent to an activating group) is 1. The Labute approximate surface area is 181 Å². The third-order valence-electron chi connectivity index (χ3n) is 5.23. The van der Waals surface area contributed by atoms with Gasteiger partial charge in [0.15, 0.2) is 11.5 Å². The van der Waals surface area contributed by atoms with E-state index in [4.69, 9.17) is 14.2 Å². The first-order valence-corrected chi connectivity index (χ1v) is 10.9. The highest BCUT2D eigenvalue weighted by atomic mass is 32.2. The maximum atomic E-state index is 13.1. The standard InChI is InChI=1S/C19H27N5O6S/c1-11-13(10-23(2)21-11)14-9-15(24(3)31(26,27)22-14)19(25)20-12-7-16(28-4)18(30-6)17(8-12)29-5/h7-8,10,14-15,22H,9H2,1-6H3,(H,20,25)/t14-,15+/m0/s1. The summed E-state index contributed by atoms with van der Waals surface area (Å²) in [5, 5.41) is 7.04. The molecule has 12 heteroatoms. The fourth-order valence-corrected chi connectivity index (χ4v) is 4.92. The Kier molecular flexibility index (Phi) is 6.43. The third kappa shape index (κ3) is 4.45. The van der Waals surface area contributed by atoms with E-state index in [9.17, 15) is 13.2 Å². The number of amides is 1. The Bertz CT molecular complexity index is 1060. The Morgan fingerprint density at radius 1 is 1.16 bits per heavy atom. The number of benzene rings is 1. The smallest absolute Gasteiger partial charge is 0.280 e. The van der Waals surface area contributed by atoms with Crippen LogP contribution in [0.4, 0.5) is 5.69 Å². The number of hydrogen-bond donors (Lipinski definition) is 2. The fraction of sp³-hybridized carbons (Fsp3) is 0.474. The van der Waals surface area contributed by atoms with Crippen molar-refractivity contribution in [2.45, 2.75) is 25.4 Å². The molecular formula is C19H27N5O6S. The summed E-state index contributed by atoms with van der Waals surface area (Å²) in [5.74, 6) is 0.643. The second-order valence-corrected chi connectivity index (χ2v) is 8.95. The number of aromatic nitrogens is 2. The summed E-state index contributed by atoms with van der Waals surface area (Å²) in [5.41, 5.74) is 1.81. The molecule has 2 atom stereocenters. The highest BCUT2D eigenvalue weighted by Gasteiger charge is 2.41. The molecule has 1 saturated heterocycles. The van der Waals surface area contributed by atoms with Crippen molar-refractivity contribution < 1.29 is 27.4 Å². The minimum absolute atomic E-state index is 0.235. The number of anilines is 1. The van der Waals surface area contributed by atoms with Gasteiger partial charge in [0, 0.05) is 43.7 Å². The molecule has 0 spiro atoms. The van der Waals surface area contributed by atoms with Gasteiger partial charge in [-0.1, -0.05) is 0 Å². The topological polar surface area (TPSA) is 124 Å². The van der Waals surface area contributed by atoms with E-state index in [0.29, 0.717) is 28.6 Å². The number of rotatable bonds is 6. The van der Waals surface area contributed by atoms with Gasteiger partial charge in [-0.15, -0.1) is 0 Å². The van der Waals surface area contributed by atoms with Crippen molar-refractivity contribution in [1.29, 1.82) is 0 Å². The van der Waals surface area contributed by atoms with Gasteiger partial charge in [0.2, 0.25) is 11.7 Å². The number of carbonyl (C=O) groups excluding carboxylic acids is 1. The van der Waals surface area contributed by atoms with Gasteiger partial charge in [-0.3, -0.25) is 9.48 Å². The van der Waals surface area contributed by atoms with E-state index >= 15 is 0 Å². The summed E-state index contributed by atoms with van der Waals surface area (Å²) >= 11 is 0. The molecule has 0 unspecified atom stereocenters. The largest absolute Gasteiger partial charge is 0.493 e. The van der Waals surface area contributed by atoms with Gasteiger partial charge in [0.1, 0.15) is 6.04 Å². The first-order chi connectivity index (χ1) is 14.6. The van der Waals surface area contributed by atoms with Crippen LogP contribution in [-0.4, -0.2) is 62.8 Å². The van der Waals surface area contributed by atoms with Crippen LogP contribution < -0.4 is 24.2 Å².